The molecule has 2 aliphatic heterocycles. The zero-order valence-electron chi connectivity index (χ0n) is 14.7. The fourth-order valence-corrected chi connectivity index (χ4v) is 4.91. The van der Waals surface area contributed by atoms with Crippen LogP contribution in [0.2, 0.25) is 0 Å². The highest BCUT2D eigenvalue weighted by Crippen LogP contribution is 2.42. The SMILES string of the molecule is O=C1CCC2(CCCN(Cc3ccc4occc4c3)C2)CN1C1CC1. The minimum Gasteiger partial charge on any atom is -0.464 e. The van der Waals surface area contributed by atoms with Gasteiger partial charge in [0.05, 0.1) is 6.26 Å². The average molecular weight is 338 g/mol. The summed E-state index contributed by atoms with van der Waals surface area (Å²) in [5, 5.41) is 1.19. The van der Waals surface area contributed by atoms with Gasteiger partial charge in [-0.05, 0) is 62.4 Å². The maximum atomic E-state index is 12.3. The van der Waals surface area contributed by atoms with Crippen molar-refractivity contribution < 1.29 is 9.21 Å². The van der Waals surface area contributed by atoms with E-state index in [1.807, 2.05) is 6.07 Å². The molecule has 4 nitrogen and oxygen atoms in total. The summed E-state index contributed by atoms with van der Waals surface area (Å²) in [5.74, 6) is 0.399. The summed E-state index contributed by atoms with van der Waals surface area (Å²) in [5.41, 5.74) is 2.65. The topological polar surface area (TPSA) is 36.7 Å². The van der Waals surface area contributed by atoms with Crippen molar-refractivity contribution in [1.82, 2.24) is 9.80 Å². The second kappa shape index (κ2) is 5.87. The second-order valence-corrected chi connectivity index (χ2v) is 8.36. The van der Waals surface area contributed by atoms with Gasteiger partial charge in [0.15, 0.2) is 0 Å². The molecule has 2 aromatic rings. The molecule has 3 fully saturated rings. The third kappa shape index (κ3) is 2.97. The molecule has 5 rings (SSSR count). The van der Waals surface area contributed by atoms with Crippen LogP contribution in [0, 0.1) is 5.41 Å². The number of rotatable bonds is 3. The third-order valence-electron chi connectivity index (χ3n) is 6.35. The second-order valence-electron chi connectivity index (χ2n) is 8.36. The van der Waals surface area contributed by atoms with Crippen molar-refractivity contribution in [2.75, 3.05) is 19.6 Å². The van der Waals surface area contributed by atoms with Crippen molar-refractivity contribution in [2.24, 2.45) is 5.41 Å². The number of furan rings is 1. The number of amides is 1. The van der Waals surface area contributed by atoms with E-state index in [1.54, 1.807) is 6.26 Å². The van der Waals surface area contributed by atoms with E-state index in [2.05, 4.69) is 28.0 Å². The molecule has 1 aliphatic carbocycles. The van der Waals surface area contributed by atoms with Crippen molar-refractivity contribution in [3.05, 3.63) is 36.1 Å². The molecule has 1 aromatic heterocycles. The molecule has 2 saturated heterocycles. The number of fused-ring (bicyclic) bond motifs is 1. The Morgan fingerprint density at radius 3 is 2.96 bits per heavy atom. The predicted molar refractivity (Wildman–Crippen MR) is 97.1 cm³/mol. The van der Waals surface area contributed by atoms with Crippen molar-refractivity contribution in [3.63, 3.8) is 0 Å². The van der Waals surface area contributed by atoms with Crippen LogP contribution in [-0.4, -0.2) is 41.4 Å². The molecule has 0 bridgehead atoms. The first-order valence-electron chi connectivity index (χ1n) is 9.69. The quantitative estimate of drug-likeness (QED) is 0.854. The molecule has 3 aliphatic rings. The smallest absolute Gasteiger partial charge is 0.222 e. The number of hydrogen-bond donors (Lipinski definition) is 0. The molecule has 1 saturated carbocycles. The highest BCUT2D eigenvalue weighted by Gasteiger charge is 2.45. The van der Waals surface area contributed by atoms with E-state index in [0.717, 1.165) is 38.1 Å². The molecule has 1 aromatic carbocycles. The first kappa shape index (κ1) is 15.4. The molecule has 1 amide bonds. The van der Waals surface area contributed by atoms with Gasteiger partial charge in [0, 0.05) is 42.9 Å². The van der Waals surface area contributed by atoms with Crippen LogP contribution in [0.5, 0.6) is 0 Å². The highest BCUT2D eigenvalue weighted by atomic mass is 16.3. The van der Waals surface area contributed by atoms with Crippen LogP contribution in [0.4, 0.5) is 0 Å². The van der Waals surface area contributed by atoms with Crippen LogP contribution < -0.4 is 0 Å². The Hall–Kier alpha value is -1.81. The largest absolute Gasteiger partial charge is 0.464 e. The fourth-order valence-electron chi connectivity index (χ4n) is 4.91. The summed E-state index contributed by atoms with van der Waals surface area (Å²) in [6.45, 7) is 4.30. The van der Waals surface area contributed by atoms with Gasteiger partial charge in [0.25, 0.3) is 0 Å². The molecule has 0 radical (unpaired) electrons. The molecule has 25 heavy (non-hydrogen) atoms. The van der Waals surface area contributed by atoms with Crippen molar-refractivity contribution in [1.29, 1.82) is 0 Å². The number of piperidine rings is 2. The van der Waals surface area contributed by atoms with Gasteiger partial charge in [-0.15, -0.1) is 0 Å². The lowest BCUT2D eigenvalue weighted by Gasteiger charge is -2.48. The Morgan fingerprint density at radius 1 is 1.16 bits per heavy atom. The van der Waals surface area contributed by atoms with Gasteiger partial charge >= 0.3 is 0 Å². The first-order chi connectivity index (χ1) is 12.2. The molecule has 4 heteroatoms. The Kier molecular flexibility index (Phi) is 3.63. The number of nitrogens with zero attached hydrogens (tertiary/aromatic N) is 2. The van der Waals surface area contributed by atoms with E-state index in [0.29, 0.717) is 17.4 Å². The summed E-state index contributed by atoms with van der Waals surface area (Å²) in [6, 6.07) is 9.12. The predicted octanol–water partition coefficient (Wildman–Crippen LogP) is 3.80. The van der Waals surface area contributed by atoms with Gasteiger partial charge in [0.1, 0.15) is 5.58 Å². The van der Waals surface area contributed by atoms with E-state index in [4.69, 9.17) is 4.42 Å². The van der Waals surface area contributed by atoms with Gasteiger partial charge in [-0.2, -0.15) is 0 Å². The van der Waals surface area contributed by atoms with Gasteiger partial charge in [-0.25, -0.2) is 0 Å². The average Bonchev–Trinajstić information content (AvgIpc) is 3.35. The molecule has 3 heterocycles. The van der Waals surface area contributed by atoms with Gasteiger partial charge in [0.2, 0.25) is 5.91 Å². The lowest BCUT2D eigenvalue weighted by atomic mass is 9.73. The van der Waals surface area contributed by atoms with Crippen molar-refractivity contribution >= 4 is 16.9 Å². The molecule has 1 unspecified atom stereocenters. The number of carbonyl (C=O) groups excluding carboxylic acids is 1. The summed E-state index contributed by atoms with van der Waals surface area (Å²) in [7, 11) is 0. The highest BCUT2D eigenvalue weighted by molar-refractivity contribution is 5.78. The molecule has 132 valence electrons. The van der Waals surface area contributed by atoms with Gasteiger partial charge in [-0.1, -0.05) is 6.07 Å². The maximum Gasteiger partial charge on any atom is 0.222 e. The number of likely N-dealkylation sites (tertiary alicyclic amines) is 2. The first-order valence-corrected chi connectivity index (χ1v) is 9.69. The van der Waals surface area contributed by atoms with Gasteiger partial charge in [-0.3, -0.25) is 9.69 Å². The Balaban J connectivity index is 1.31. The maximum absolute atomic E-state index is 12.3. The van der Waals surface area contributed by atoms with Crippen LogP contribution in [-0.2, 0) is 11.3 Å². The van der Waals surface area contributed by atoms with Crippen LogP contribution in [0.1, 0.15) is 44.1 Å². The Bertz CT molecular complexity index is 794. The van der Waals surface area contributed by atoms with E-state index in [-0.39, 0.29) is 0 Å². The fraction of sp³-hybridized carbons (Fsp3) is 0.571. The lowest BCUT2D eigenvalue weighted by molar-refractivity contribution is -0.140. The number of benzene rings is 1. The molecular weight excluding hydrogens is 312 g/mol. The summed E-state index contributed by atoms with van der Waals surface area (Å²) >= 11 is 0. The minimum absolute atomic E-state index is 0.328. The lowest BCUT2D eigenvalue weighted by Crippen LogP contribution is -2.54. The zero-order valence-corrected chi connectivity index (χ0v) is 14.7. The van der Waals surface area contributed by atoms with Crippen LogP contribution in [0.25, 0.3) is 11.0 Å². The standard InChI is InChI=1S/C21H26N2O2/c24-20-6-9-21(15-23(20)18-3-4-18)8-1-10-22(14-21)13-16-2-5-19-17(12-16)7-11-25-19/h2,5,7,11-12,18H,1,3-4,6,8-10,13-15H2. The normalized spacial score (nSPS) is 28.2. The summed E-state index contributed by atoms with van der Waals surface area (Å²) in [4.78, 5) is 17.1. The van der Waals surface area contributed by atoms with Crippen molar-refractivity contribution in [3.8, 4) is 0 Å². The summed E-state index contributed by atoms with van der Waals surface area (Å²) in [6.07, 6.45) is 8.56. The van der Waals surface area contributed by atoms with Crippen molar-refractivity contribution in [2.45, 2.75) is 51.1 Å². The van der Waals surface area contributed by atoms with E-state index < -0.39 is 0 Å². The molecule has 1 atom stereocenters. The zero-order chi connectivity index (χ0) is 16.9. The molecule has 0 N–H and O–H groups in total. The summed E-state index contributed by atoms with van der Waals surface area (Å²) < 4.78 is 5.45. The molecule has 1 spiro atoms. The monoisotopic (exact) mass is 338 g/mol. The van der Waals surface area contributed by atoms with E-state index in [1.165, 1.54) is 43.2 Å². The third-order valence-corrected chi connectivity index (χ3v) is 6.35. The number of hydrogen-bond acceptors (Lipinski definition) is 3. The van der Waals surface area contributed by atoms with Gasteiger partial charge < -0.3 is 9.32 Å². The number of carbonyl (C=O) groups is 1. The Morgan fingerprint density at radius 2 is 2.08 bits per heavy atom. The Labute approximate surface area is 148 Å². The van der Waals surface area contributed by atoms with Crippen LogP contribution in [0.15, 0.2) is 34.9 Å². The van der Waals surface area contributed by atoms with Crippen LogP contribution >= 0.6 is 0 Å². The van der Waals surface area contributed by atoms with E-state index >= 15 is 0 Å². The minimum atomic E-state index is 0.328. The van der Waals surface area contributed by atoms with E-state index in [9.17, 15) is 4.79 Å². The molecular formula is C21H26N2O2. The van der Waals surface area contributed by atoms with Crippen LogP contribution in [0.3, 0.4) is 0 Å².